The summed E-state index contributed by atoms with van der Waals surface area (Å²) in [6, 6.07) is 30.2. The minimum absolute atomic E-state index is 0.806. The Bertz CT molecular complexity index is 1730. The average molecular weight is 446 g/mol. The van der Waals surface area contributed by atoms with Crippen LogP contribution < -0.4 is 10.6 Å². The molecule has 5 atom stereocenters. The first kappa shape index (κ1) is 13.2. The van der Waals surface area contributed by atoms with Gasteiger partial charge in [-0.2, -0.15) is 0 Å². The standard InChI is InChI=1S/C23H18P.C5H5.Fe/c1-2-10-18(11-3-1)20-14-6-8-16-22(20)24-23-17-9-7-15-21(23)19-12-4-5-13-19;1-2-4-5-3-1;/h1-17,24H;1-5H;. The van der Waals surface area contributed by atoms with E-state index in [1.165, 1.54) is 54.5 Å². The first-order chi connectivity index (χ1) is 14.6. The SMILES string of the molecule is c1ccc(-c2ccccc2Pc2ccccc2[C]23[CH]4[CH]5[CH]6[CH]2[Fe]56432789[CH]3[CH]2[CH]7[CH]8[CH]39)cc1. The molecule has 1 spiro atoms. The van der Waals surface area contributed by atoms with Crippen molar-refractivity contribution < 1.29 is 6.51 Å². The molecule has 0 radical (unpaired) electrons. The Hall–Kier alpha value is -1.39. The van der Waals surface area contributed by atoms with Gasteiger partial charge in [0.1, 0.15) is 0 Å². The van der Waals surface area contributed by atoms with Crippen LogP contribution in [0.25, 0.3) is 11.1 Å². The molecule has 30 heavy (non-hydrogen) atoms. The molecule has 10 saturated heterocycles. The summed E-state index contributed by atoms with van der Waals surface area (Å²) in [5.74, 6) is 0. The maximum absolute atomic E-state index is 3.12. The van der Waals surface area contributed by atoms with Gasteiger partial charge in [-0.25, -0.2) is 0 Å². The maximum atomic E-state index is 2.65. The van der Waals surface area contributed by atoms with Gasteiger partial charge in [0.05, 0.1) is 0 Å². The molecule has 3 aromatic carbocycles. The summed E-state index contributed by atoms with van der Waals surface area (Å²) in [6.07, 6.45) is 0. The fourth-order valence-electron chi connectivity index (χ4n) is 19.5. The van der Waals surface area contributed by atoms with Crippen LogP contribution in [0.1, 0.15) is 5.56 Å². The second kappa shape index (κ2) is 1.75. The second-order valence-electron chi connectivity index (χ2n) is 14.3. The van der Waals surface area contributed by atoms with Gasteiger partial charge in [0.2, 0.25) is 0 Å². The normalized spacial score (nSPS) is 72.7. The zero-order chi connectivity index (χ0) is 18.8. The molecular formula is C28H23FeP. The van der Waals surface area contributed by atoms with Crippen molar-refractivity contribution in [1.29, 1.82) is 0 Å². The number of benzene rings is 3. The number of hydrogen-bond acceptors (Lipinski definition) is 0. The van der Waals surface area contributed by atoms with Crippen LogP contribution in [0, 0.1) is 0 Å². The summed E-state index contributed by atoms with van der Waals surface area (Å²) in [7, 11) is 0.806. The molecule has 0 saturated carbocycles. The van der Waals surface area contributed by atoms with Crippen molar-refractivity contribution in [2.75, 3.05) is 0 Å². The molecule has 0 nitrogen and oxygen atoms in total. The van der Waals surface area contributed by atoms with Gasteiger partial charge in [-0.05, 0) is 0 Å². The van der Waals surface area contributed by atoms with Crippen LogP contribution in [0.4, 0.5) is 0 Å². The van der Waals surface area contributed by atoms with Gasteiger partial charge >= 0.3 is 169 Å². The zero-order valence-corrected chi connectivity index (χ0v) is 18.7. The van der Waals surface area contributed by atoms with Gasteiger partial charge in [-0.3, -0.25) is 0 Å². The van der Waals surface area contributed by atoms with Crippen LogP contribution in [-0.2, 0) is 10.8 Å². The van der Waals surface area contributed by atoms with E-state index in [4.69, 9.17) is 0 Å². The molecule has 0 amide bonds. The van der Waals surface area contributed by atoms with Crippen molar-refractivity contribution in [2.45, 2.75) is 47.7 Å². The van der Waals surface area contributed by atoms with Crippen LogP contribution in [0.3, 0.4) is 0 Å². The molecule has 0 bridgehead atoms. The Morgan fingerprint density at radius 3 is 1.73 bits per heavy atom. The van der Waals surface area contributed by atoms with E-state index in [1.807, 2.05) is 5.56 Å². The summed E-state index contributed by atoms with van der Waals surface area (Å²) in [6.45, 7) is -3.12. The third kappa shape index (κ3) is 0.267. The molecule has 2 heteroatoms. The van der Waals surface area contributed by atoms with Gasteiger partial charge in [-0.1, -0.05) is 0 Å². The van der Waals surface area contributed by atoms with Crippen molar-refractivity contribution in [3.05, 3.63) is 84.4 Å². The Balaban J connectivity index is 1.06. The van der Waals surface area contributed by atoms with Gasteiger partial charge in [0.25, 0.3) is 0 Å². The van der Waals surface area contributed by atoms with Crippen molar-refractivity contribution >= 4 is 19.2 Å². The van der Waals surface area contributed by atoms with Crippen LogP contribution in [0.2, 0.25) is 43.3 Å². The quantitative estimate of drug-likeness (QED) is 0.306. The first-order valence-corrected chi connectivity index (χ1v) is 19.1. The molecule has 10 fully saturated rings. The summed E-state index contributed by atoms with van der Waals surface area (Å²) in [5.41, 5.74) is 4.74. The summed E-state index contributed by atoms with van der Waals surface area (Å²) in [5, 5.41) is 3.27. The van der Waals surface area contributed by atoms with E-state index < -0.39 is 6.51 Å². The van der Waals surface area contributed by atoms with Crippen LogP contribution in [0.15, 0.2) is 78.9 Å². The van der Waals surface area contributed by atoms with E-state index in [0.29, 0.717) is 0 Å². The topological polar surface area (TPSA) is 0 Å². The molecule has 10 aliphatic rings. The van der Waals surface area contributed by atoms with E-state index in [2.05, 4.69) is 78.9 Å². The monoisotopic (exact) mass is 446 g/mol. The van der Waals surface area contributed by atoms with Crippen molar-refractivity contribution in [3.63, 3.8) is 0 Å². The van der Waals surface area contributed by atoms with Crippen molar-refractivity contribution in [2.24, 2.45) is 0 Å². The Morgan fingerprint density at radius 1 is 0.567 bits per heavy atom. The Kier molecular flexibility index (Phi) is 0.773. The van der Waals surface area contributed by atoms with E-state index in [9.17, 15) is 0 Å². The van der Waals surface area contributed by atoms with E-state index in [-0.39, 0.29) is 0 Å². The minimum atomic E-state index is -3.12. The Labute approximate surface area is 168 Å². The predicted octanol–water partition coefficient (Wildman–Crippen LogP) is 6.78. The van der Waals surface area contributed by atoms with Gasteiger partial charge in [-0.15, -0.1) is 0 Å². The van der Waals surface area contributed by atoms with Crippen LogP contribution >= 0.6 is 8.58 Å². The first-order valence-electron chi connectivity index (χ1n) is 11.8. The molecular weight excluding hydrogens is 423 g/mol. The molecule has 0 N–H and O–H groups in total. The van der Waals surface area contributed by atoms with Crippen LogP contribution in [0.5, 0.6) is 0 Å². The van der Waals surface area contributed by atoms with Crippen LogP contribution in [-0.4, -0.2) is 0 Å². The molecule has 0 aliphatic carbocycles. The second-order valence-corrected chi connectivity index (χ2v) is 39.1. The third-order valence-electron chi connectivity index (χ3n) is 18.3. The van der Waals surface area contributed by atoms with E-state index in [1.54, 1.807) is 10.6 Å². The fraction of sp³-hybridized carbons (Fsp3) is 0.357. The molecule has 10 aliphatic heterocycles. The summed E-state index contributed by atoms with van der Waals surface area (Å²) < 4.78 is 0.865. The van der Waals surface area contributed by atoms with Gasteiger partial charge in [0, 0.05) is 0 Å². The zero-order valence-electron chi connectivity index (χ0n) is 16.6. The van der Waals surface area contributed by atoms with Gasteiger partial charge in [0.15, 0.2) is 0 Å². The molecule has 10 heterocycles. The summed E-state index contributed by atoms with van der Waals surface area (Å²) >= 11 is 0. The van der Waals surface area contributed by atoms with E-state index >= 15 is 0 Å². The Morgan fingerprint density at radius 2 is 1.13 bits per heavy atom. The number of fused-ring (bicyclic) bond motifs is 10. The molecule has 5 unspecified atom stereocenters. The fourth-order valence-corrected chi connectivity index (χ4v) is 95.2. The third-order valence-corrected chi connectivity index (χ3v) is 62.1. The number of rotatable bonds is 4. The predicted molar refractivity (Wildman–Crippen MR) is 121 cm³/mol. The molecule has 0 aromatic heterocycles. The molecule has 3 aromatic rings. The number of hydrogen-bond donors (Lipinski definition) is 0. The van der Waals surface area contributed by atoms with E-state index in [0.717, 1.165) is 12.9 Å². The summed E-state index contributed by atoms with van der Waals surface area (Å²) in [4.78, 5) is 12.5. The molecule has 13 rings (SSSR count). The van der Waals surface area contributed by atoms with Gasteiger partial charge < -0.3 is 0 Å². The molecule has 148 valence electrons. The van der Waals surface area contributed by atoms with Crippen molar-refractivity contribution in [3.8, 4) is 11.1 Å². The van der Waals surface area contributed by atoms with Crippen molar-refractivity contribution in [1.82, 2.24) is 0 Å². The average Bonchev–Trinajstić information content (AvgIpc) is 3.74.